The highest BCUT2D eigenvalue weighted by atomic mass is 35.5. The Morgan fingerprint density at radius 3 is 2.43 bits per heavy atom. The highest BCUT2D eigenvalue weighted by molar-refractivity contribution is 7.92. The number of sulfonamides is 1. The van der Waals surface area contributed by atoms with E-state index in [-0.39, 0.29) is 0 Å². The summed E-state index contributed by atoms with van der Waals surface area (Å²) in [5.74, 6) is 0.379. The molecular formula is C18H20ClNO2S. The van der Waals surface area contributed by atoms with Gasteiger partial charge in [-0.25, -0.2) is 8.42 Å². The van der Waals surface area contributed by atoms with Crippen molar-refractivity contribution in [2.24, 2.45) is 0 Å². The van der Waals surface area contributed by atoms with Gasteiger partial charge in [-0.2, -0.15) is 0 Å². The van der Waals surface area contributed by atoms with Crippen molar-refractivity contribution in [2.75, 3.05) is 10.8 Å². The molecule has 1 aliphatic heterocycles. The number of hydrogen-bond donors (Lipinski definition) is 0. The first-order valence-corrected chi connectivity index (χ1v) is 9.62. The summed E-state index contributed by atoms with van der Waals surface area (Å²) in [7, 11) is -3.54. The van der Waals surface area contributed by atoms with Crippen LogP contribution < -0.4 is 4.31 Å². The summed E-state index contributed by atoms with van der Waals surface area (Å²) in [6, 6.07) is 12.6. The zero-order chi connectivity index (χ0) is 16.6. The summed E-state index contributed by atoms with van der Waals surface area (Å²) in [5, 5.41) is 0.643. The minimum Gasteiger partial charge on any atom is -0.266 e. The molecule has 1 heterocycles. The monoisotopic (exact) mass is 349 g/mol. The fraction of sp³-hybridized carbons (Fsp3) is 0.333. The second kappa shape index (κ2) is 6.17. The molecule has 3 nitrogen and oxygen atoms in total. The van der Waals surface area contributed by atoms with Gasteiger partial charge in [-0.1, -0.05) is 37.6 Å². The van der Waals surface area contributed by atoms with Crippen LogP contribution in [0.1, 0.15) is 37.3 Å². The Hall–Kier alpha value is -1.52. The van der Waals surface area contributed by atoms with Crippen molar-refractivity contribution in [2.45, 2.75) is 37.5 Å². The molecule has 122 valence electrons. The van der Waals surface area contributed by atoms with E-state index < -0.39 is 10.0 Å². The molecule has 0 saturated carbocycles. The molecule has 1 aliphatic rings. The van der Waals surface area contributed by atoms with E-state index in [0.29, 0.717) is 22.4 Å². The molecule has 0 atom stereocenters. The molecule has 0 aromatic heterocycles. The molecule has 0 fully saturated rings. The second-order valence-corrected chi connectivity index (χ2v) is 8.48. The Morgan fingerprint density at radius 1 is 1.09 bits per heavy atom. The number of fused-ring (bicyclic) bond motifs is 1. The van der Waals surface area contributed by atoms with Crippen LogP contribution in [0.3, 0.4) is 0 Å². The lowest BCUT2D eigenvalue weighted by Crippen LogP contribution is -2.35. The van der Waals surface area contributed by atoms with Gasteiger partial charge in [0.05, 0.1) is 10.6 Å². The average molecular weight is 350 g/mol. The lowest BCUT2D eigenvalue weighted by Gasteiger charge is -2.30. The van der Waals surface area contributed by atoms with Crippen LogP contribution in [0.25, 0.3) is 0 Å². The average Bonchev–Trinajstić information content (AvgIpc) is 2.54. The third-order valence-corrected chi connectivity index (χ3v) is 6.31. The molecule has 3 rings (SSSR count). The first kappa shape index (κ1) is 16.3. The molecule has 5 heteroatoms. The van der Waals surface area contributed by atoms with E-state index in [4.69, 9.17) is 11.6 Å². The van der Waals surface area contributed by atoms with Crippen molar-refractivity contribution in [3.8, 4) is 0 Å². The summed E-state index contributed by atoms with van der Waals surface area (Å²) in [4.78, 5) is 0.338. The van der Waals surface area contributed by atoms with Gasteiger partial charge in [-0.05, 0) is 60.2 Å². The van der Waals surface area contributed by atoms with Crippen molar-refractivity contribution in [3.63, 3.8) is 0 Å². The van der Waals surface area contributed by atoms with Crippen molar-refractivity contribution >= 4 is 27.3 Å². The van der Waals surface area contributed by atoms with Gasteiger partial charge in [0, 0.05) is 11.6 Å². The largest absolute Gasteiger partial charge is 0.266 e. The fourth-order valence-electron chi connectivity index (χ4n) is 2.93. The van der Waals surface area contributed by atoms with Crippen LogP contribution in [-0.4, -0.2) is 15.0 Å². The van der Waals surface area contributed by atoms with E-state index >= 15 is 0 Å². The van der Waals surface area contributed by atoms with Crippen LogP contribution in [0.15, 0.2) is 47.4 Å². The molecule has 0 aliphatic carbocycles. The predicted molar refractivity (Wildman–Crippen MR) is 94.8 cm³/mol. The van der Waals surface area contributed by atoms with Crippen LogP contribution in [0.4, 0.5) is 5.69 Å². The summed E-state index contributed by atoms with van der Waals surface area (Å²) >= 11 is 6.03. The minimum absolute atomic E-state index is 0.338. The number of anilines is 1. The van der Waals surface area contributed by atoms with E-state index in [9.17, 15) is 8.42 Å². The maximum Gasteiger partial charge on any atom is 0.264 e. The molecule has 23 heavy (non-hydrogen) atoms. The van der Waals surface area contributed by atoms with Crippen LogP contribution >= 0.6 is 11.6 Å². The molecule has 0 bridgehead atoms. The lowest BCUT2D eigenvalue weighted by molar-refractivity contribution is 0.586. The summed E-state index contributed by atoms with van der Waals surface area (Å²) in [5.41, 5.74) is 2.87. The lowest BCUT2D eigenvalue weighted by atomic mass is 10.0. The molecule has 0 spiro atoms. The van der Waals surface area contributed by atoms with E-state index in [1.165, 1.54) is 4.31 Å². The second-order valence-electron chi connectivity index (χ2n) is 6.18. The van der Waals surface area contributed by atoms with Crippen molar-refractivity contribution in [1.82, 2.24) is 0 Å². The maximum absolute atomic E-state index is 13.0. The number of halogens is 1. The van der Waals surface area contributed by atoms with Gasteiger partial charge < -0.3 is 0 Å². The number of hydrogen-bond acceptors (Lipinski definition) is 2. The van der Waals surface area contributed by atoms with Crippen LogP contribution in [0.5, 0.6) is 0 Å². The Morgan fingerprint density at radius 2 is 1.78 bits per heavy atom. The Labute approximate surface area is 142 Å². The van der Waals surface area contributed by atoms with Crippen molar-refractivity contribution in [3.05, 3.63) is 58.6 Å². The molecule has 0 N–H and O–H groups in total. The molecule has 2 aromatic rings. The molecule has 0 saturated heterocycles. The van der Waals surface area contributed by atoms with Crippen LogP contribution in [0, 0.1) is 0 Å². The fourth-order valence-corrected chi connectivity index (χ4v) is 4.67. The summed E-state index contributed by atoms with van der Waals surface area (Å²) < 4.78 is 27.5. The van der Waals surface area contributed by atoms with Gasteiger partial charge in [-0.3, -0.25) is 4.31 Å². The van der Waals surface area contributed by atoms with E-state index in [2.05, 4.69) is 13.8 Å². The number of aryl methyl sites for hydroxylation is 1. The first-order chi connectivity index (χ1) is 10.9. The molecule has 0 unspecified atom stereocenters. The molecule has 2 aromatic carbocycles. The topological polar surface area (TPSA) is 37.4 Å². The third-order valence-electron chi connectivity index (χ3n) is 4.25. The van der Waals surface area contributed by atoms with Gasteiger partial charge in [0.15, 0.2) is 0 Å². The number of nitrogens with zero attached hydrogens (tertiary/aromatic N) is 1. The maximum atomic E-state index is 13.0. The van der Waals surface area contributed by atoms with Gasteiger partial charge in [0.25, 0.3) is 10.0 Å². The predicted octanol–water partition coefficient (Wildman–Crippen LogP) is 4.60. The Balaban J connectivity index is 2.01. The van der Waals surface area contributed by atoms with E-state index in [0.717, 1.165) is 29.7 Å². The first-order valence-electron chi connectivity index (χ1n) is 7.81. The van der Waals surface area contributed by atoms with E-state index in [1.807, 2.05) is 18.2 Å². The van der Waals surface area contributed by atoms with E-state index in [1.54, 1.807) is 24.3 Å². The molecule has 0 radical (unpaired) electrons. The zero-order valence-corrected chi connectivity index (χ0v) is 14.9. The van der Waals surface area contributed by atoms with Gasteiger partial charge in [-0.15, -0.1) is 0 Å². The van der Waals surface area contributed by atoms with Gasteiger partial charge >= 0.3 is 0 Å². The number of benzene rings is 2. The van der Waals surface area contributed by atoms with Crippen LogP contribution in [-0.2, 0) is 16.4 Å². The van der Waals surface area contributed by atoms with Gasteiger partial charge in [0.1, 0.15) is 0 Å². The highest BCUT2D eigenvalue weighted by Crippen LogP contribution is 2.33. The summed E-state index contributed by atoms with van der Waals surface area (Å²) in [6.07, 6.45) is 1.66. The molecular weight excluding hydrogens is 330 g/mol. The Bertz CT molecular complexity index is 813. The van der Waals surface area contributed by atoms with Crippen molar-refractivity contribution < 1.29 is 8.42 Å². The smallest absolute Gasteiger partial charge is 0.264 e. The van der Waals surface area contributed by atoms with Gasteiger partial charge in [0.2, 0.25) is 0 Å². The minimum atomic E-state index is -3.54. The Kier molecular flexibility index (Phi) is 4.39. The van der Waals surface area contributed by atoms with Crippen molar-refractivity contribution in [1.29, 1.82) is 0 Å². The molecule has 0 amide bonds. The standard InChI is InChI=1S/C18H20ClNO2S/c1-13(2)14-5-8-17(9-6-14)23(21,22)20-11-3-4-15-12-16(19)7-10-18(15)20/h5-10,12-13H,3-4,11H2,1-2H3. The highest BCUT2D eigenvalue weighted by Gasteiger charge is 2.29. The quantitative estimate of drug-likeness (QED) is 0.811. The SMILES string of the molecule is CC(C)c1ccc(S(=O)(=O)N2CCCc3cc(Cl)ccc32)cc1. The number of rotatable bonds is 3. The summed E-state index contributed by atoms with van der Waals surface area (Å²) in [6.45, 7) is 4.69. The zero-order valence-electron chi connectivity index (χ0n) is 13.3. The van der Waals surface area contributed by atoms with Crippen LogP contribution in [0.2, 0.25) is 5.02 Å². The normalized spacial score (nSPS) is 14.9. The third kappa shape index (κ3) is 3.10.